The summed E-state index contributed by atoms with van der Waals surface area (Å²) in [5.74, 6) is 1.37. The summed E-state index contributed by atoms with van der Waals surface area (Å²) in [6, 6.07) is 21.0. The molecule has 0 aromatic heterocycles. The molecular formula is C27H28N2O5S. The monoisotopic (exact) mass is 492 g/mol. The highest BCUT2D eigenvalue weighted by Crippen LogP contribution is 2.51. The molecular weight excluding hydrogens is 464 g/mol. The van der Waals surface area contributed by atoms with Gasteiger partial charge in [0.1, 0.15) is 11.0 Å². The molecule has 1 amide bonds. The number of aliphatic hydroxyl groups excluding tert-OH is 1. The van der Waals surface area contributed by atoms with Gasteiger partial charge in [0.05, 0.1) is 16.9 Å². The van der Waals surface area contributed by atoms with Gasteiger partial charge in [-0.1, -0.05) is 37.3 Å². The molecule has 0 saturated heterocycles. The lowest BCUT2D eigenvalue weighted by molar-refractivity contribution is -0.118. The number of aliphatic hydroxyl groups is 1. The molecule has 0 bridgehead atoms. The zero-order chi connectivity index (χ0) is 24.4. The Morgan fingerprint density at radius 3 is 2.51 bits per heavy atom. The fourth-order valence-corrected chi connectivity index (χ4v) is 5.53. The molecule has 8 heteroatoms. The number of rotatable bonds is 9. The van der Waals surface area contributed by atoms with Crippen LogP contribution >= 0.6 is 0 Å². The lowest BCUT2D eigenvalue weighted by Crippen LogP contribution is -2.28. The predicted molar refractivity (Wildman–Crippen MR) is 135 cm³/mol. The first kappa shape index (κ1) is 23.5. The summed E-state index contributed by atoms with van der Waals surface area (Å²) < 4.78 is 25.3. The normalized spacial score (nSPS) is 16.2. The van der Waals surface area contributed by atoms with E-state index in [0.29, 0.717) is 29.5 Å². The van der Waals surface area contributed by atoms with Crippen LogP contribution in [0.15, 0.2) is 71.6 Å². The zero-order valence-corrected chi connectivity index (χ0v) is 20.3. The van der Waals surface area contributed by atoms with Crippen LogP contribution in [0.25, 0.3) is 11.1 Å². The summed E-state index contributed by atoms with van der Waals surface area (Å²) in [4.78, 5) is 14.0. The Morgan fingerprint density at radius 2 is 1.80 bits per heavy atom. The van der Waals surface area contributed by atoms with Gasteiger partial charge < -0.3 is 19.9 Å². The third-order valence-corrected chi connectivity index (χ3v) is 8.14. The van der Waals surface area contributed by atoms with Crippen LogP contribution in [0.5, 0.6) is 11.5 Å². The number of likely N-dealkylation sites (N-methyl/N-ethyl adjacent to an activating group) is 1. The van der Waals surface area contributed by atoms with Crippen molar-refractivity contribution < 1.29 is 23.6 Å². The number of nitrogens with one attached hydrogen (secondary N) is 1. The number of nitrogens with zero attached hydrogens (tertiary/aromatic N) is 1. The smallest absolute Gasteiger partial charge is 0.235 e. The molecule has 3 aromatic rings. The van der Waals surface area contributed by atoms with E-state index in [1.807, 2.05) is 73.7 Å². The second kappa shape index (κ2) is 9.81. The van der Waals surface area contributed by atoms with E-state index in [1.165, 1.54) is 0 Å². The van der Waals surface area contributed by atoms with E-state index in [9.17, 15) is 14.1 Å². The highest BCUT2D eigenvalue weighted by atomic mass is 32.2. The number of anilines is 1. The van der Waals surface area contributed by atoms with E-state index in [-0.39, 0.29) is 19.3 Å². The number of carbonyl (C=O) groups excluding carboxylic acids is 1. The van der Waals surface area contributed by atoms with Gasteiger partial charge >= 0.3 is 0 Å². The number of amides is 1. The SMILES string of the molecule is CCN(CCO)S(=O)c1ccc(-c2cccc(NC(=O)C3(c4ccc5c(c4)OCO5)CC3)c2)cc1. The minimum absolute atomic E-state index is 0.0252. The maximum Gasteiger partial charge on any atom is 0.235 e. The minimum Gasteiger partial charge on any atom is -0.454 e. The van der Waals surface area contributed by atoms with E-state index < -0.39 is 16.4 Å². The van der Waals surface area contributed by atoms with Crippen LogP contribution in [0.4, 0.5) is 5.69 Å². The first-order valence-corrected chi connectivity index (χ1v) is 12.8. The molecule has 1 atom stereocenters. The summed E-state index contributed by atoms with van der Waals surface area (Å²) in [6.07, 6.45) is 1.59. The molecule has 1 saturated carbocycles. The van der Waals surface area contributed by atoms with Crippen LogP contribution in [0.1, 0.15) is 25.3 Å². The van der Waals surface area contributed by atoms with E-state index in [1.54, 1.807) is 4.31 Å². The van der Waals surface area contributed by atoms with Crippen molar-refractivity contribution in [2.75, 3.05) is 31.8 Å². The summed E-state index contributed by atoms with van der Waals surface area (Å²) in [7, 11) is -1.32. The van der Waals surface area contributed by atoms with Gasteiger partial charge in [0.15, 0.2) is 11.5 Å². The molecule has 35 heavy (non-hydrogen) atoms. The molecule has 1 heterocycles. The first-order valence-electron chi connectivity index (χ1n) is 11.7. The van der Waals surface area contributed by atoms with Crippen molar-refractivity contribution in [3.8, 4) is 22.6 Å². The van der Waals surface area contributed by atoms with Gasteiger partial charge in [-0.2, -0.15) is 0 Å². The Morgan fingerprint density at radius 1 is 1.03 bits per heavy atom. The van der Waals surface area contributed by atoms with Gasteiger partial charge in [0.2, 0.25) is 12.7 Å². The molecule has 0 radical (unpaired) electrons. The highest BCUT2D eigenvalue weighted by molar-refractivity contribution is 7.82. The molecule has 1 aliphatic carbocycles. The molecule has 7 nitrogen and oxygen atoms in total. The van der Waals surface area contributed by atoms with Gasteiger partial charge in [0.25, 0.3) is 0 Å². The molecule has 2 aliphatic rings. The summed E-state index contributed by atoms with van der Waals surface area (Å²) >= 11 is 0. The van der Waals surface area contributed by atoms with Gasteiger partial charge in [-0.3, -0.25) is 4.79 Å². The third kappa shape index (κ3) is 4.69. The van der Waals surface area contributed by atoms with Gasteiger partial charge in [-0.25, -0.2) is 8.51 Å². The van der Waals surface area contributed by atoms with Crippen molar-refractivity contribution in [2.24, 2.45) is 0 Å². The quantitative estimate of drug-likeness (QED) is 0.470. The Hall–Kier alpha value is -3.20. The zero-order valence-electron chi connectivity index (χ0n) is 19.5. The summed E-state index contributed by atoms with van der Waals surface area (Å²) in [5.41, 5.74) is 3.05. The fourth-order valence-electron chi connectivity index (χ4n) is 4.38. The van der Waals surface area contributed by atoms with Crippen LogP contribution in [-0.4, -0.2) is 46.0 Å². The number of hydrogen-bond donors (Lipinski definition) is 2. The fraction of sp³-hybridized carbons (Fsp3) is 0.296. The average molecular weight is 493 g/mol. The lowest BCUT2D eigenvalue weighted by atomic mass is 9.94. The van der Waals surface area contributed by atoms with Gasteiger partial charge in [-0.15, -0.1) is 0 Å². The maximum atomic E-state index is 13.3. The van der Waals surface area contributed by atoms with Crippen LogP contribution < -0.4 is 14.8 Å². The van der Waals surface area contributed by atoms with Gasteiger partial charge in [-0.05, 0) is 65.9 Å². The Balaban J connectivity index is 1.30. The van der Waals surface area contributed by atoms with Crippen LogP contribution in [-0.2, 0) is 21.2 Å². The second-order valence-electron chi connectivity index (χ2n) is 8.70. The second-order valence-corrected chi connectivity index (χ2v) is 10.2. The molecule has 3 aromatic carbocycles. The van der Waals surface area contributed by atoms with Crippen molar-refractivity contribution in [3.05, 3.63) is 72.3 Å². The highest BCUT2D eigenvalue weighted by Gasteiger charge is 2.51. The van der Waals surface area contributed by atoms with Crippen LogP contribution in [0.3, 0.4) is 0 Å². The molecule has 1 unspecified atom stereocenters. The number of benzene rings is 3. The number of fused-ring (bicyclic) bond motifs is 1. The largest absolute Gasteiger partial charge is 0.454 e. The van der Waals surface area contributed by atoms with Crippen LogP contribution in [0.2, 0.25) is 0 Å². The Bertz CT molecular complexity index is 1260. The third-order valence-electron chi connectivity index (χ3n) is 6.56. The van der Waals surface area contributed by atoms with E-state index in [2.05, 4.69) is 5.32 Å². The van der Waals surface area contributed by atoms with Crippen LogP contribution in [0, 0.1) is 0 Å². The Kier molecular flexibility index (Phi) is 6.60. The number of hydrogen-bond acceptors (Lipinski definition) is 5. The summed E-state index contributed by atoms with van der Waals surface area (Å²) in [5, 5.41) is 12.3. The van der Waals surface area contributed by atoms with Crippen molar-refractivity contribution in [1.82, 2.24) is 4.31 Å². The summed E-state index contributed by atoms with van der Waals surface area (Å²) in [6.45, 7) is 3.04. The maximum absolute atomic E-state index is 13.3. The minimum atomic E-state index is -1.32. The van der Waals surface area contributed by atoms with Crippen molar-refractivity contribution in [1.29, 1.82) is 0 Å². The van der Waals surface area contributed by atoms with Gasteiger partial charge in [0, 0.05) is 18.8 Å². The molecule has 0 spiro atoms. The van der Waals surface area contributed by atoms with E-state index in [4.69, 9.17) is 9.47 Å². The van der Waals surface area contributed by atoms with Crippen molar-refractivity contribution >= 4 is 22.6 Å². The average Bonchev–Trinajstić information content (AvgIpc) is 3.58. The molecule has 1 aliphatic heterocycles. The van der Waals surface area contributed by atoms with Crippen molar-refractivity contribution in [2.45, 2.75) is 30.1 Å². The molecule has 2 N–H and O–H groups in total. The molecule has 5 rings (SSSR count). The van der Waals surface area contributed by atoms with E-state index in [0.717, 1.165) is 35.2 Å². The first-order chi connectivity index (χ1) is 17.0. The Labute approximate surface area is 207 Å². The van der Waals surface area contributed by atoms with Crippen molar-refractivity contribution in [3.63, 3.8) is 0 Å². The number of carbonyl (C=O) groups is 1. The molecule has 182 valence electrons. The van der Waals surface area contributed by atoms with E-state index >= 15 is 0 Å². The number of ether oxygens (including phenoxy) is 2. The lowest BCUT2D eigenvalue weighted by Gasteiger charge is -2.18. The topological polar surface area (TPSA) is 88.1 Å². The standard InChI is InChI=1S/C27H28N2O5S/c1-2-29(14-15-30)35(32)23-9-6-19(7-10-23)20-4-3-5-22(16-20)28-26(31)27(12-13-27)21-8-11-24-25(17-21)34-18-33-24/h3-11,16-17,30H,2,12-15,18H2,1H3,(H,28,31). The molecule has 1 fully saturated rings. The predicted octanol–water partition coefficient (Wildman–Crippen LogP) is 4.09.